The molecule has 0 fully saturated rings. The molecule has 22 rings (SSSR count). The third-order valence-electron chi connectivity index (χ3n) is 21.2. The summed E-state index contributed by atoms with van der Waals surface area (Å²) < 4.78 is 20.8. The topological polar surface area (TPSA) is 155 Å². The average molecular weight is 1450 g/mol. The van der Waals surface area contributed by atoms with E-state index in [1.807, 2.05) is 146 Å². The Hall–Kier alpha value is -15.8. The van der Waals surface area contributed by atoms with Gasteiger partial charge >= 0.3 is 0 Å². The number of hydrogen-bond donors (Lipinski definition) is 1. The van der Waals surface area contributed by atoms with Crippen LogP contribution in [0.1, 0.15) is 11.1 Å². The molecule has 13 heteroatoms. The molecule has 0 radical (unpaired) electrons. The molecule has 1 N–H and O–H groups in total. The molecule has 0 aliphatic carbocycles. The van der Waals surface area contributed by atoms with E-state index < -0.39 is 5.82 Å². The number of aromatic amines is 1. The number of nitrogens with one attached hydrogen (secondary N) is 1. The van der Waals surface area contributed by atoms with E-state index in [0.717, 1.165) is 82.8 Å². The van der Waals surface area contributed by atoms with Gasteiger partial charge in [0.15, 0.2) is 34.9 Å². The third-order valence-corrected chi connectivity index (χ3v) is 21.2. The Bertz CT molecular complexity index is 7480. The van der Waals surface area contributed by atoms with E-state index in [4.69, 9.17) is 20.2 Å². The molecule has 0 atom stereocenters. The minimum absolute atomic E-state index is 0.0459. The second kappa shape index (κ2) is 28.1. The molecule has 0 amide bonds. The van der Waals surface area contributed by atoms with Gasteiger partial charge in [0, 0.05) is 92.8 Å². The molecule has 0 saturated heterocycles. The van der Waals surface area contributed by atoms with Gasteiger partial charge in [-0.1, -0.05) is 279 Å². The van der Waals surface area contributed by atoms with E-state index >= 15 is 0 Å². The summed E-state index contributed by atoms with van der Waals surface area (Å²) in [5, 5.41) is 34.6. The highest BCUT2D eigenvalue weighted by molar-refractivity contribution is 6.27. The van der Waals surface area contributed by atoms with Gasteiger partial charge < -0.3 is 18.7 Å². The summed E-state index contributed by atoms with van der Waals surface area (Å²) in [6, 6.07) is 127. The Morgan fingerprint density at radius 3 is 1.12 bits per heavy atom. The van der Waals surface area contributed by atoms with Crippen molar-refractivity contribution in [2.24, 2.45) is 0 Å². The number of halogens is 1. The molecule has 16 aromatic carbocycles. The largest absolute Gasteiger partial charge is 0.354 e. The van der Waals surface area contributed by atoms with Crippen molar-refractivity contribution in [3.05, 3.63) is 381 Å². The maximum atomic E-state index is 13.7. The van der Waals surface area contributed by atoms with Crippen LogP contribution in [0, 0.1) is 28.5 Å². The van der Waals surface area contributed by atoms with Crippen molar-refractivity contribution in [3.63, 3.8) is 0 Å². The standard InChI is InChI=1S/C50H30N6.C28H18N2.C22H13FN4/c51-31-36-30-35(50-53-48(33-15-3-1-4-16-33)52-49(54-50)34-17-5-2-6-18-34)26-28-41(36)56-43-23-11-9-21-38(43)39-27-29-45-46(47(39)56)40-22-10-12-24-44(40)55(45)42-25-13-19-32-14-7-8-20-37(32)42;1-2-10-19-18(8-1)9-7-15-24(19)30-25-14-6-4-12-22(25)27-26(30)17-16-21-20-11-3-5-13-23(20)29-28(21)27;23-19-12-11-17(13-18(19)14-24)22-26-20(15-7-3-1-4-8-15)25-21(27-22)16-9-5-2-6-10-16/h1-30H;1-17,29H;1-13H. The van der Waals surface area contributed by atoms with Gasteiger partial charge in [-0.15, -0.1) is 0 Å². The van der Waals surface area contributed by atoms with Gasteiger partial charge in [-0.3, -0.25) is 0 Å². The lowest BCUT2D eigenvalue weighted by Gasteiger charge is -2.14. The zero-order valence-corrected chi connectivity index (χ0v) is 60.4. The Kier molecular flexibility index (Phi) is 16.5. The van der Waals surface area contributed by atoms with Crippen LogP contribution in [-0.4, -0.2) is 48.6 Å². The second-order valence-electron chi connectivity index (χ2n) is 27.7. The zero-order chi connectivity index (χ0) is 75.5. The van der Waals surface area contributed by atoms with Crippen LogP contribution in [0.2, 0.25) is 0 Å². The molecule has 0 aliphatic heterocycles. The first-order valence-corrected chi connectivity index (χ1v) is 37.2. The smallest absolute Gasteiger partial charge is 0.164 e. The lowest BCUT2D eigenvalue weighted by molar-refractivity contribution is 0.624. The highest BCUT2D eigenvalue weighted by atomic mass is 19.1. The summed E-state index contributed by atoms with van der Waals surface area (Å²) in [7, 11) is 0. The maximum absolute atomic E-state index is 13.7. The lowest BCUT2D eigenvalue weighted by Crippen LogP contribution is -2.02. The minimum Gasteiger partial charge on any atom is -0.354 e. The molecular weight excluding hydrogens is 1390 g/mol. The highest BCUT2D eigenvalue weighted by Crippen LogP contribution is 2.45. The predicted molar refractivity (Wildman–Crippen MR) is 455 cm³/mol. The quantitative estimate of drug-likeness (QED) is 0.150. The summed E-state index contributed by atoms with van der Waals surface area (Å²) in [5.74, 6) is 2.50. The fourth-order valence-corrected chi connectivity index (χ4v) is 16.0. The van der Waals surface area contributed by atoms with Crippen molar-refractivity contribution in [3.8, 4) is 97.5 Å². The van der Waals surface area contributed by atoms with Gasteiger partial charge in [-0.05, 0) is 95.7 Å². The molecule has 528 valence electrons. The molecule has 113 heavy (non-hydrogen) atoms. The summed E-state index contributed by atoms with van der Waals surface area (Å²) in [4.78, 5) is 32.2. The first kappa shape index (κ1) is 66.6. The van der Waals surface area contributed by atoms with Crippen LogP contribution in [-0.2, 0) is 0 Å². The molecule has 0 unspecified atom stereocenters. The van der Waals surface area contributed by atoms with Crippen LogP contribution in [0.15, 0.2) is 364 Å². The molecule has 6 aromatic heterocycles. The predicted octanol–water partition coefficient (Wildman–Crippen LogP) is 24.5. The molecule has 22 aromatic rings. The van der Waals surface area contributed by atoms with Crippen LogP contribution in [0.4, 0.5) is 4.39 Å². The van der Waals surface area contributed by atoms with Gasteiger partial charge in [0.1, 0.15) is 18.0 Å². The van der Waals surface area contributed by atoms with Crippen molar-refractivity contribution in [1.29, 1.82) is 10.5 Å². The number of nitriles is 2. The normalized spacial score (nSPS) is 11.4. The Morgan fingerprint density at radius 2 is 0.628 bits per heavy atom. The van der Waals surface area contributed by atoms with Crippen molar-refractivity contribution < 1.29 is 4.39 Å². The first-order valence-electron chi connectivity index (χ1n) is 37.2. The van der Waals surface area contributed by atoms with E-state index in [0.29, 0.717) is 46.1 Å². The Balaban J connectivity index is 0.000000122. The number of H-pyrrole nitrogens is 1. The zero-order valence-electron chi connectivity index (χ0n) is 60.4. The maximum Gasteiger partial charge on any atom is 0.164 e. The molecule has 12 nitrogen and oxygen atoms in total. The van der Waals surface area contributed by atoms with Crippen molar-refractivity contribution in [1.82, 2.24) is 48.6 Å². The van der Waals surface area contributed by atoms with Gasteiger partial charge in [0.2, 0.25) is 0 Å². The van der Waals surface area contributed by atoms with Gasteiger partial charge in [0.05, 0.1) is 66.8 Å². The average Bonchev–Trinajstić information content (AvgIpc) is 1.55. The van der Waals surface area contributed by atoms with Crippen molar-refractivity contribution in [2.75, 3.05) is 0 Å². The molecule has 0 saturated carbocycles. The number of para-hydroxylation sites is 4. The van der Waals surface area contributed by atoms with Crippen molar-refractivity contribution >= 4 is 109 Å². The summed E-state index contributed by atoms with van der Waals surface area (Å²) >= 11 is 0. The SMILES string of the molecule is N#Cc1cc(-c2nc(-c3ccccc3)nc(-c3ccccc3)n2)ccc1-n1c2ccccc2c2ccc3c(c4ccccc4n3-c3cccc4ccccc34)c21.N#Cc1cc(-c2nc(-c3ccccc3)nc(-c3ccccc3)n2)ccc1F.c1ccc2c(-n3c4ccccc4c4c5[nH]c6ccccc6c5ccc43)cccc2c1. The molecular formula is C100H61FN12. The molecule has 0 spiro atoms. The number of rotatable bonds is 9. The number of aromatic nitrogens is 10. The van der Waals surface area contributed by atoms with Gasteiger partial charge in [-0.25, -0.2) is 34.3 Å². The number of nitrogens with zero attached hydrogens (tertiary/aromatic N) is 11. The summed E-state index contributed by atoms with van der Waals surface area (Å²) in [5.41, 5.74) is 17.5. The fourth-order valence-electron chi connectivity index (χ4n) is 16.0. The lowest BCUT2D eigenvalue weighted by atomic mass is 10.1. The van der Waals surface area contributed by atoms with Crippen molar-refractivity contribution in [2.45, 2.75) is 0 Å². The van der Waals surface area contributed by atoms with Crippen LogP contribution in [0.25, 0.3) is 194 Å². The van der Waals surface area contributed by atoms with Crippen LogP contribution >= 0.6 is 0 Å². The van der Waals surface area contributed by atoms with Crippen LogP contribution < -0.4 is 0 Å². The van der Waals surface area contributed by atoms with E-state index in [2.05, 4.69) is 246 Å². The van der Waals surface area contributed by atoms with E-state index in [1.165, 1.54) is 83.0 Å². The summed E-state index contributed by atoms with van der Waals surface area (Å²) in [6.07, 6.45) is 0. The first-order chi connectivity index (χ1) is 55.9. The Morgan fingerprint density at radius 1 is 0.257 bits per heavy atom. The van der Waals surface area contributed by atoms with E-state index in [9.17, 15) is 9.65 Å². The number of hydrogen-bond acceptors (Lipinski definition) is 8. The Labute approximate surface area is 646 Å². The number of benzene rings is 16. The van der Waals surface area contributed by atoms with Crippen LogP contribution in [0.3, 0.4) is 0 Å². The van der Waals surface area contributed by atoms with E-state index in [1.54, 1.807) is 6.07 Å². The minimum atomic E-state index is -0.568. The molecule has 0 bridgehead atoms. The summed E-state index contributed by atoms with van der Waals surface area (Å²) in [6.45, 7) is 0. The second-order valence-corrected chi connectivity index (χ2v) is 27.7. The molecule has 6 heterocycles. The highest BCUT2D eigenvalue weighted by Gasteiger charge is 2.25. The van der Waals surface area contributed by atoms with E-state index in [-0.39, 0.29) is 5.56 Å². The monoisotopic (exact) mass is 1450 g/mol. The van der Waals surface area contributed by atoms with Gasteiger partial charge in [-0.2, -0.15) is 10.5 Å². The van der Waals surface area contributed by atoms with Crippen LogP contribution in [0.5, 0.6) is 0 Å². The fraction of sp³-hybridized carbons (Fsp3) is 0. The third kappa shape index (κ3) is 11.7. The number of fused-ring (bicyclic) bond motifs is 16. The van der Waals surface area contributed by atoms with Gasteiger partial charge in [0.25, 0.3) is 0 Å². The molecule has 0 aliphatic rings.